The van der Waals surface area contributed by atoms with Crippen LogP contribution in [-0.4, -0.2) is 55.1 Å². The van der Waals surface area contributed by atoms with Gasteiger partial charge >= 0.3 is 0 Å². The average Bonchev–Trinajstić information content (AvgIpc) is 3.15. The standard InChI is InChI=1S/C16H17N9O/c1-25(2)16-20-7-11(8-21-16)3-4-14(26)19-10-13-22-15(24-23-13)12-9-17-5-6-18-12/h3-9H,10H2,1-2H3,(H,19,26)(H,22,23,24). The Morgan fingerprint density at radius 3 is 2.69 bits per heavy atom. The van der Waals surface area contributed by atoms with Crippen molar-refractivity contribution in [3.05, 3.63) is 48.4 Å². The van der Waals surface area contributed by atoms with Crippen LogP contribution in [0.5, 0.6) is 0 Å². The van der Waals surface area contributed by atoms with Gasteiger partial charge in [0.05, 0.1) is 12.7 Å². The SMILES string of the molecule is CN(C)c1ncc(C=CC(=O)NCc2nc(-c3cnccn3)n[nH]2)cn1. The Bertz CT molecular complexity index is 888. The van der Waals surface area contributed by atoms with E-state index in [-0.39, 0.29) is 12.5 Å². The summed E-state index contributed by atoms with van der Waals surface area (Å²) in [7, 11) is 3.72. The molecule has 3 aromatic rings. The van der Waals surface area contributed by atoms with Gasteiger partial charge in [0.1, 0.15) is 11.5 Å². The maximum absolute atomic E-state index is 11.9. The van der Waals surface area contributed by atoms with Gasteiger partial charge in [-0.2, -0.15) is 5.10 Å². The first kappa shape index (κ1) is 17.1. The molecule has 2 N–H and O–H groups in total. The number of nitrogens with zero attached hydrogens (tertiary/aromatic N) is 7. The van der Waals surface area contributed by atoms with Crippen molar-refractivity contribution in [2.45, 2.75) is 6.54 Å². The van der Waals surface area contributed by atoms with Crippen LogP contribution in [0.2, 0.25) is 0 Å². The fraction of sp³-hybridized carbons (Fsp3) is 0.188. The first-order valence-corrected chi connectivity index (χ1v) is 7.75. The molecule has 10 heteroatoms. The second-order valence-corrected chi connectivity index (χ2v) is 5.46. The highest BCUT2D eigenvalue weighted by Gasteiger charge is 2.07. The van der Waals surface area contributed by atoms with E-state index in [1.54, 1.807) is 42.0 Å². The Labute approximate surface area is 149 Å². The molecule has 0 aliphatic carbocycles. The molecule has 0 spiro atoms. The van der Waals surface area contributed by atoms with Crippen molar-refractivity contribution in [3.8, 4) is 11.5 Å². The third kappa shape index (κ3) is 4.44. The molecule has 0 saturated carbocycles. The lowest BCUT2D eigenvalue weighted by Gasteiger charge is -2.08. The minimum atomic E-state index is -0.265. The van der Waals surface area contributed by atoms with Crippen molar-refractivity contribution in [1.82, 2.24) is 40.4 Å². The van der Waals surface area contributed by atoms with Crippen LogP contribution in [0, 0.1) is 0 Å². The molecular weight excluding hydrogens is 334 g/mol. The fourth-order valence-electron chi connectivity index (χ4n) is 1.95. The van der Waals surface area contributed by atoms with Crippen LogP contribution in [-0.2, 0) is 11.3 Å². The van der Waals surface area contributed by atoms with Gasteiger partial charge < -0.3 is 10.2 Å². The summed E-state index contributed by atoms with van der Waals surface area (Å²) in [6.07, 6.45) is 11.0. The summed E-state index contributed by atoms with van der Waals surface area (Å²) >= 11 is 0. The molecule has 3 heterocycles. The maximum Gasteiger partial charge on any atom is 0.244 e. The first-order chi connectivity index (χ1) is 12.6. The Hall–Kier alpha value is -3.69. The molecule has 0 aliphatic rings. The zero-order valence-corrected chi connectivity index (χ0v) is 14.3. The van der Waals surface area contributed by atoms with Gasteiger partial charge in [-0.3, -0.25) is 14.9 Å². The molecule has 132 valence electrons. The Balaban J connectivity index is 1.53. The molecule has 3 aromatic heterocycles. The number of H-pyrrole nitrogens is 1. The number of anilines is 1. The zero-order chi connectivity index (χ0) is 18.4. The predicted molar refractivity (Wildman–Crippen MR) is 94.6 cm³/mol. The van der Waals surface area contributed by atoms with Crippen molar-refractivity contribution < 1.29 is 4.79 Å². The molecule has 26 heavy (non-hydrogen) atoms. The van der Waals surface area contributed by atoms with Crippen LogP contribution in [0.4, 0.5) is 5.95 Å². The smallest absolute Gasteiger partial charge is 0.244 e. The molecular formula is C16H17N9O. The van der Waals surface area contributed by atoms with Gasteiger partial charge in [-0.1, -0.05) is 0 Å². The molecule has 0 fully saturated rings. The fourth-order valence-corrected chi connectivity index (χ4v) is 1.95. The lowest BCUT2D eigenvalue weighted by Crippen LogP contribution is -2.21. The predicted octanol–water partition coefficient (Wildman–Crippen LogP) is 0.447. The molecule has 0 radical (unpaired) electrons. The van der Waals surface area contributed by atoms with E-state index < -0.39 is 0 Å². The highest BCUT2D eigenvalue weighted by atomic mass is 16.1. The monoisotopic (exact) mass is 351 g/mol. The Kier molecular flexibility index (Phi) is 5.22. The van der Waals surface area contributed by atoms with Gasteiger partial charge in [-0.25, -0.2) is 19.9 Å². The van der Waals surface area contributed by atoms with Crippen molar-refractivity contribution in [3.63, 3.8) is 0 Å². The van der Waals surface area contributed by atoms with Gasteiger partial charge in [0.2, 0.25) is 17.7 Å². The number of aromatic nitrogens is 7. The van der Waals surface area contributed by atoms with E-state index in [0.29, 0.717) is 23.3 Å². The lowest BCUT2D eigenvalue weighted by atomic mass is 10.3. The Morgan fingerprint density at radius 2 is 2.00 bits per heavy atom. The molecule has 10 nitrogen and oxygen atoms in total. The van der Waals surface area contributed by atoms with Crippen LogP contribution in [0.15, 0.2) is 37.1 Å². The summed E-state index contributed by atoms with van der Waals surface area (Å²) in [4.78, 5) is 34.4. The van der Waals surface area contributed by atoms with Crippen LogP contribution in [0.25, 0.3) is 17.6 Å². The van der Waals surface area contributed by atoms with E-state index in [2.05, 4.69) is 40.4 Å². The topological polar surface area (TPSA) is 125 Å². The number of hydrogen-bond acceptors (Lipinski definition) is 8. The number of carbonyl (C=O) groups excluding carboxylic acids is 1. The van der Waals surface area contributed by atoms with Crippen molar-refractivity contribution in [2.24, 2.45) is 0 Å². The highest BCUT2D eigenvalue weighted by Crippen LogP contribution is 2.08. The summed E-state index contributed by atoms with van der Waals surface area (Å²) in [5.74, 6) is 1.29. The van der Waals surface area contributed by atoms with Gasteiger partial charge in [0.25, 0.3) is 0 Å². The first-order valence-electron chi connectivity index (χ1n) is 7.75. The minimum absolute atomic E-state index is 0.215. The molecule has 3 rings (SSSR count). The maximum atomic E-state index is 11.9. The van der Waals surface area contributed by atoms with Crippen molar-refractivity contribution >= 4 is 17.9 Å². The van der Waals surface area contributed by atoms with Crippen LogP contribution in [0.1, 0.15) is 11.4 Å². The lowest BCUT2D eigenvalue weighted by molar-refractivity contribution is -0.116. The molecule has 0 unspecified atom stereocenters. The van der Waals surface area contributed by atoms with E-state index in [9.17, 15) is 4.79 Å². The zero-order valence-electron chi connectivity index (χ0n) is 14.3. The average molecular weight is 351 g/mol. The molecule has 0 atom stereocenters. The summed E-state index contributed by atoms with van der Waals surface area (Å²) in [6, 6.07) is 0. The van der Waals surface area contributed by atoms with E-state index in [1.807, 2.05) is 14.1 Å². The van der Waals surface area contributed by atoms with Crippen LogP contribution < -0.4 is 10.2 Å². The van der Waals surface area contributed by atoms with Gasteiger partial charge in [0.15, 0.2) is 0 Å². The van der Waals surface area contributed by atoms with E-state index in [1.165, 1.54) is 6.08 Å². The van der Waals surface area contributed by atoms with Crippen LogP contribution >= 0.6 is 0 Å². The number of hydrogen-bond donors (Lipinski definition) is 2. The van der Waals surface area contributed by atoms with Crippen molar-refractivity contribution in [2.75, 3.05) is 19.0 Å². The molecule has 0 bridgehead atoms. The van der Waals surface area contributed by atoms with E-state index in [0.717, 1.165) is 5.56 Å². The second-order valence-electron chi connectivity index (χ2n) is 5.46. The minimum Gasteiger partial charge on any atom is -0.347 e. The molecule has 0 aromatic carbocycles. The highest BCUT2D eigenvalue weighted by molar-refractivity contribution is 5.91. The van der Waals surface area contributed by atoms with Gasteiger partial charge in [-0.15, -0.1) is 0 Å². The third-order valence-corrected chi connectivity index (χ3v) is 3.24. The number of nitrogens with one attached hydrogen (secondary N) is 2. The second kappa shape index (κ2) is 7.92. The quantitative estimate of drug-likeness (QED) is 0.613. The molecule has 0 aliphatic heterocycles. The van der Waals surface area contributed by atoms with Gasteiger partial charge in [-0.05, 0) is 6.08 Å². The normalized spacial score (nSPS) is 10.8. The van der Waals surface area contributed by atoms with E-state index in [4.69, 9.17) is 0 Å². The van der Waals surface area contributed by atoms with Crippen molar-refractivity contribution in [1.29, 1.82) is 0 Å². The summed E-state index contributed by atoms with van der Waals surface area (Å²) in [6.45, 7) is 0.215. The number of carbonyl (C=O) groups is 1. The number of aromatic amines is 1. The van der Waals surface area contributed by atoms with Crippen LogP contribution in [0.3, 0.4) is 0 Å². The van der Waals surface area contributed by atoms with Gasteiger partial charge in [0, 0.05) is 50.5 Å². The number of rotatable bonds is 6. The summed E-state index contributed by atoms with van der Waals surface area (Å²) in [5.41, 5.74) is 1.29. The summed E-state index contributed by atoms with van der Waals surface area (Å²) < 4.78 is 0. The van der Waals surface area contributed by atoms with E-state index >= 15 is 0 Å². The molecule has 1 amide bonds. The number of amides is 1. The third-order valence-electron chi connectivity index (χ3n) is 3.24. The largest absolute Gasteiger partial charge is 0.347 e. The molecule has 0 saturated heterocycles. The summed E-state index contributed by atoms with van der Waals surface area (Å²) in [5, 5.41) is 9.53. The Morgan fingerprint density at radius 1 is 1.19 bits per heavy atom.